The second-order valence-corrected chi connectivity index (χ2v) is 6.70. The molecule has 1 heterocycles. The Kier molecular flexibility index (Phi) is 4.08. The number of aliphatic carboxylic acids is 1. The summed E-state index contributed by atoms with van der Waals surface area (Å²) in [4.78, 5) is 10.5. The lowest BCUT2D eigenvalue weighted by Crippen LogP contribution is -2.13. The first kappa shape index (κ1) is 14.5. The molecule has 0 aliphatic rings. The first-order valence-electron chi connectivity index (χ1n) is 6.29. The van der Waals surface area contributed by atoms with E-state index in [1.165, 1.54) is 0 Å². The van der Waals surface area contributed by atoms with Gasteiger partial charge in [-0.25, -0.2) is 8.42 Å². The minimum Gasteiger partial charge on any atom is -0.481 e. The Morgan fingerprint density at radius 1 is 1.35 bits per heavy atom. The molecule has 0 fully saturated rings. The SMILES string of the molecule is CCn1nc(CS(=O)(=O)CCC(=O)O)c2ccccc21. The largest absolute Gasteiger partial charge is 0.481 e. The molecule has 0 aliphatic heterocycles. The van der Waals surface area contributed by atoms with Gasteiger partial charge in [0, 0.05) is 11.9 Å². The van der Waals surface area contributed by atoms with Gasteiger partial charge in [-0.2, -0.15) is 5.10 Å². The van der Waals surface area contributed by atoms with Gasteiger partial charge in [0.15, 0.2) is 9.84 Å². The van der Waals surface area contributed by atoms with Gasteiger partial charge in [0.25, 0.3) is 0 Å². The van der Waals surface area contributed by atoms with E-state index in [-0.39, 0.29) is 17.9 Å². The van der Waals surface area contributed by atoms with Crippen LogP contribution in [0, 0.1) is 0 Å². The van der Waals surface area contributed by atoms with E-state index >= 15 is 0 Å². The number of hydrogen-bond acceptors (Lipinski definition) is 4. The molecule has 0 spiro atoms. The Hall–Kier alpha value is -1.89. The maximum absolute atomic E-state index is 11.9. The van der Waals surface area contributed by atoms with E-state index in [9.17, 15) is 13.2 Å². The first-order chi connectivity index (χ1) is 9.43. The fraction of sp³-hybridized carbons (Fsp3) is 0.385. The number of carboxylic acids is 1. The molecule has 0 saturated heterocycles. The second kappa shape index (κ2) is 5.62. The van der Waals surface area contributed by atoms with Crippen molar-refractivity contribution < 1.29 is 18.3 Å². The molecule has 0 bridgehead atoms. The number of sulfone groups is 1. The molecule has 0 radical (unpaired) electrons. The van der Waals surface area contributed by atoms with Gasteiger partial charge in [0.05, 0.1) is 29.1 Å². The smallest absolute Gasteiger partial charge is 0.304 e. The van der Waals surface area contributed by atoms with Crippen LogP contribution in [0.4, 0.5) is 0 Å². The highest BCUT2D eigenvalue weighted by atomic mass is 32.2. The standard InChI is InChI=1S/C13H16N2O4S/c1-2-15-12-6-4-3-5-10(12)11(14-15)9-20(18,19)8-7-13(16)17/h3-6H,2,7-9H2,1H3,(H,16,17). The minimum absolute atomic E-state index is 0.228. The van der Waals surface area contributed by atoms with Crippen LogP contribution in [0.25, 0.3) is 10.9 Å². The Morgan fingerprint density at radius 3 is 2.70 bits per heavy atom. The van der Waals surface area contributed by atoms with Gasteiger partial charge in [-0.1, -0.05) is 18.2 Å². The van der Waals surface area contributed by atoms with Crippen molar-refractivity contribution in [3.63, 3.8) is 0 Å². The van der Waals surface area contributed by atoms with Crippen LogP contribution in [-0.2, 0) is 26.9 Å². The van der Waals surface area contributed by atoms with Crippen molar-refractivity contribution in [2.24, 2.45) is 0 Å². The van der Waals surface area contributed by atoms with E-state index < -0.39 is 15.8 Å². The van der Waals surface area contributed by atoms with E-state index in [1.807, 2.05) is 31.2 Å². The first-order valence-corrected chi connectivity index (χ1v) is 8.11. The minimum atomic E-state index is -3.47. The topological polar surface area (TPSA) is 89.3 Å². The van der Waals surface area contributed by atoms with Gasteiger partial charge in [0.2, 0.25) is 0 Å². The van der Waals surface area contributed by atoms with Gasteiger partial charge in [0.1, 0.15) is 0 Å². The Labute approximate surface area is 116 Å². The lowest BCUT2D eigenvalue weighted by Gasteiger charge is -2.00. The number of hydrogen-bond donors (Lipinski definition) is 1. The zero-order valence-corrected chi connectivity index (χ0v) is 11.9. The maximum Gasteiger partial charge on any atom is 0.304 e. The van der Waals surface area contributed by atoms with Crippen molar-refractivity contribution in [2.45, 2.75) is 25.6 Å². The number of benzene rings is 1. The third kappa shape index (κ3) is 3.16. The molecule has 7 heteroatoms. The number of rotatable bonds is 6. The molecule has 1 aromatic carbocycles. The summed E-state index contributed by atoms with van der Waals surface area (Å²) in [6, 6.07) is 7.42. The van der Waals surface area contributed by atoms with Gasteiger partial charge >= 0.3 is 5.97 Å². The third-order valence-electron chi connectivity index (χ3n) is 3.02. The molecular weight excluding hydrogens is 280 g/mol. The summed E-state index contributed by atoms with van der Waals surface area (Å²) in [5, 5.41) is 13.7. The van der Waals surface area contributed by atoms with Crippen LogP contribution in [0.3, 0.4) is 0 Å². The summed E-state index contributed by atoms with van der Waals surface area (Å²) < 4.78 is 25.6. The zero-order chi connectivity index (χ0) is 14.8. The average molecular weight is 296 g/mol. The van der Waals surface area contributed by atoms with E-state index in [1.54, 1.807) is 4.68 Å². The Balaban J connectivity index is 2.32. The van der Waals surface area contributed by atoms with Crippen molar-refractivity contribution in [3.8, 4) is 0 Å². The van der Waals surface area contributed by atoms with Crippen LogP contribution >= 0.6 is 0 Å². The second-order valence-electron chi connectivity index (χ2n) is 4.52. The molecule has 0 aliphatic carbocycles. The molecule has 0 saturated carbocycles. The highest BCUT2D eigenvalue weighted by Gasteiger charge is 2.18. The molecule has 108 valence electrons. The molecule has 0 atom stereocenters. The summed E-state index contributed by atoms with van der Waals surface area (Å²) >= 11 is 0. The number of aryl methyl sites for hydroxylation is 1. The normalized spacial score (nSPS) is 11.8. The molecule has 6 nitrogen and oxygen atoms in total. The summed E-state index contributed by atoms with van der Waals surface area (Å²) in [6.07, 6.45) is -0.380. The summed E-state index contributed by atoms with van der Waals surface area (Å²) in [5.41, 5.74) is 1.37. The Bertz CT molecular complexity index is 734. The van der Waals surface area contributed by atoms with Crippen LogP contribution in [-0.4, -0.2) is 35.0 Å². The maximum atomic E-state index is 11.9. The van der Waals surface area contributed by atoms with Gasteiger partial charge in [-0.15, -0.1) is 0 Å². The van der Waals surface area contributed by atoms with E-state index in [4.69, 9.17) is 5.11 Å². The van der Waals surface area contributed by atoms with Crippen LogP contribution in [0.1, 0.15) is 19.0 Å². The fourth-order valence-electron chi connectivity index (χ4n) is 2.07. The number of para-hydroxylation sites is 1. The number of nitrogens with zero attached hydrogens (tertiary/aromatic N) is 2. The van der Waals surface area contributed by atoms with Crippen LogP contribution < -0.4 is 0 Å². The van der Waals surface area contributed by atoms with E-state index in [0.717, 1.165) is 10.9 Å². The summed E-state index contributed by atoms with van der Waals surface area (Å²) in [6.45, 7) is 2.58. The molecule has 2 aromatic rings. The molecule has 0 unspecified atom stereocenters. The number of aromatic nitrogens is 2. The highest BCUT2D eigenvalue weighted by Crippen LogP contribution is 2.20. The Morgan fingerprint density at radius 2 is 2.05 bits per heavy atom. The molecule has 0 amide bonds. The quantitative estimate of drug-likeness (QED) is 0.871. The molecule has 2 rings (SSSR count). The van der Waals surface area contributed by atoms with Gasteiger partial charge in [-0.05, 0) is 13.0 Å². The van der Waals surface area contributed by atoms with Crippen molar-refractivity contribution in [2.75, 3.05) is 5.75 Å². The predicted molar refractivity (Wildman–Crippen MR) is 75.2 cm³/mol. The summed E-state index contributed by atoms with van der Waals surface area (Å²) in [5.74, 6) is -1.71. The van der Waals surface area contributed by atoms with Crippen LogP contribution in [0.5, 0.6) is 0 Å². The van der Waals surface area contributed by atoms with E-state index in [0.29, 0.717) is 12.2 Å². The molecule has 1 aromatic heterocycles. The summed E-state index contributed by atoms with van der Waals surface area (Å²) in [7, 11) is -3.47. The average Bonchev–Trinajstić information content (AvgIpc) is 2.75. The number of carboxylic acid groups (broad SMARTS) is 1. The fourth-order valence-corrected chi connectivity index (χ4v) is 3.33. The molecule has 20 heavy (non-hydrogen) atoms. The van der Waals surface area contributed by atoms with Crippen molar-refractivity contribution in [1.29, 1.82) is 0 Å². The molecular formula is C13H16N2O4S. The zero-order valence-electron chi connectivity index (χ0n) is 11.1. The predicted octanol–water partition coefficient (Wildman–Crippen LogP) is 1.45. The van der Waals surface area contributed by atoms with Gasteiger partial charge < -0.3 is 5.11 Å². The van der Waals surface area contributed by atoms with E-state index in [2.05, 4.69) is 5.10 Å². The van der Waals surface area contributed by atoms with Crippen LogP contribution in [0.2, 0.25) is 0 Å². The van der Waals surface area contributed by atoms with Crippen molar-refractivity contribution in [3.05, 3.63) is 30.0 Å². The van der Waals surface area contributed by atoms with Crippen LogP contribution in [0.15, 0.2) is 24.3 Å². The number of fused-ring (bicyclic) bond motifs is 1. The molecule has 1 N–H and O–H groups in total. The van der Waals surface area contributed by atoms with Crippen molar-refractivity contribution in [1.82, 2.24) is 9.78 Å². The lowest BCUT2D eigenvalue weighted by atomic mass is 10.2. The monoisotopic (exact) mass is 296 g/mol. The number of carbonyl (C=O) groups is 1. The highest BCUT2D eigenvalue weighted by molar-refractivity contribution is 7.90. The van der Waals surface area contributed by atoms with Gasteiger partial charge in [-0.3, -0.25) is 9.48 Å². The van der Waals surface area contributed by atoms with Crippen molar-refractivity contribution >= 4 is 26.7 Å². The third-order valence-corrected chi connectivity index (χ3v) is 4.56. The lowest BCUT2D eigenvalue weighted by molar-refractivity contribution is -0.136.